The van der Waals surface area contributed by atoms with Crippen LogP contribution in [0.5, 0.6) is 0 Å². The number of unbranched alkanes of at least 4 members (excludes halogenated alkanes) is 1. The highest BCUT2D eigenvalue weighted by molar-refractivity contribution is 5.72. The number of aliphatic hydroxyl groups is 1. The third kappa shape index (κ3) is 5.19. The fourth-order valence-corrected chi connectivity index (χ4v) is 0.281. The van der Waals surface area contributed by atoms with Gasteiger partial charge in [0, 0.05) is 13.0 Å². The van der Waals surface area contributed by atoms with Crippen molar-refractivity contribution in [1.29, 1.82) is 0 Å². The summed E-state index contributed by atoms with van der Waals surface area (Å²) in [6, 6.07) is 0. The molecule has 2 nitrogen and oxygen atoms in total. The van der Waals surface area contributed by atoms with Crippen LogP contribution in [0.15, 0.2) is 0 Å². The van der Waals surface area contributed by atoms with Gasteiger partial charge in [0.1, 0.15) is 0 Å². The first-order valence-corrected chi connectivity index (χ1v) is 2.44. The van der Waals surface area contributed by atoms with E-state index in [9.17, 15) is 4.79 Å². The maximum absolute atomic E-state index is 9.53. The van der Waals surface area contributed by atoms with Gasteiger partial charge in [0.05, 0.1) is 0 Å². The zero-order chi connectivity index (χ0) is 6.24. The molecule has 0 fully saturated rings. The van der Waals surface area contributed by atoms with Crippen LogP contribution in [-0.2, 0) is 4.79 Å². The molecule has 0 aliphatic rings. The number of aldehydes is 1. The number of aliphatic hydroxyl groups excluding tert-OH is 1. The molecule has 0 bridgehead atoms. The second kappa shape index (κ2) is 6.19. The highest BCUT2D eigenvalue weighted by Crippen LogP contribution is 1.80. The second-order valence-electron chi connectivity index (χ2n) is 1.27. The summed E-state index contributed by atoms with van der Waals surface area (Å²) in [5.41, 5.74) is 0. The Hall–Kier alpha value is -0.810. The molecule has 0 aromatic carbocycles. The number of rotatable bonds is 2. The summed E-state index contributed by atoms with van der Waals surface area (Å²) >= 11 is 0. The zero-order valence-electron chi connectivity index (χ0n) is 4.55. The topological polar surface area (TPSA) is 37.3 Å². The summed E-state index contributed by atoms with van der Waals surface area (Å²) in [5.74, 6) is 4.80. The predicted molar refractivity (Wildman–Crippen MR) is 30.2 cm³/mol. The zero-order valence-corrected chi connectivity index (χ0v) is 4.55. The van der Waals surface area contributed by atoms with Crippen LogP contribution in [0.1, 0.15) is 12.8 Å². The summed E-state index contributed by atoms with van der Waals surface area (Å²) in [5, 5.41) is 8.21. The Labute approximate surface area is 48.5 Å². The molecule has 0 heterocycles. The van der Waals surface area contributed by atoms with Crippen LogP contribution < -0.4 is 0 Å². The van der Waals surface area contributed by atoms with Crippen molar-refractivity contribution in [2.75, 3.05) is 6.61 Å². The lowest BCUT2D eigenvalue weighted by Gasteiger charge is -1.80. The van der Waals surface area contributed by atoms with E-state index in [0.717, 1.165) is 0 Å². The normalized spacial score (nSPS) is 7.12. The van der Waals surface area contributed by atoms with E-state index in [1.807, 2.05) is 0 Å². The van der Waals surface area contributed by atoms with Crippen molar-refractivity contribution in [2.45, 2.75) is 12.8 Å². The molecular formula is C6H8O2. The molecule has 0 saturated heterocycles. The van der Waals surface area contributed by atoms with Crippen LogP contribution in [-0.4, -0.2) is 18.0 Å². The van der Waals surface area contributed by atoms with Crippen LogP contribution in [0.2, 0.25) is 0 Å². The minimum Gasteiger partial charge on any atom is -0.396 e. The van der Waals surface area contributed by atoms with Crippen LogP contribution in [0.3, 0.4) is 0 Å². The minimum absolute atomic E-state index is 0.146. The molecule has 8 heavy (non-hydrogen) atoms. The lowest BCUT2D eigenvalue weighted by molar-refractivity contribution is -0.103. The number of carbonyl (C=O) groups is 1. The van der Waals surface area contributed by atoms with Crippen LogP contribution in [0.4, 0.5) is 0 Å². The third-order valence-corrected chi connectivity index (χ3v) is 0.621. The molecule has 0 unspecified atom stereocenters. The van der Waals surface area contributed by atoms with Gasteiger partial charge in [-0.3, -0.25) is 4.79 Å². The molecule has 0 radical (unpaired) electrons. The van der Waals surface area contributed by atoms with Gasteiger partial charge in [-0.1, -0.05) is 5.92 Å². The van der Waals surface area contributed by atoms with Crippen molar-refractivity contribution in [3.63, 3.8) is 0 Å². The monoisotopic (exact) mass is 112 g/mol. The fourth-order valence-electron chi connectivity index (χ4n) is 0.281. The van der Waals surface area contributed by atoms with Crippen molar-refractivity contribution >= 4 is 6.29 Å². The highest BCUT2D eigenvalue weighted by Gasteiger charge is 1.74. The third-order valence-electron chi connectivity index (χ3n) is 0.621. The second-order valence-corrected chi connectivity index (χ2v) is 1.27. The summed E-state index contributed by atoms with van der Waals surface area (Å²) in [4.78, 5) is 9.53. The van der Waals surface area contributed by atoms with E-state index in [0.29, 0.717) is 19.1 Å². The molecule has 0 spiro atoms. The van der Waals surface area contributed by atoms with Crippen LogP contribution >= 0.6 is 0 Å². The molecule has 0 atom stereocenters. The summed E-state index contributed by atoms with van der Waals surface area (Å²) in [7, 11) is 0. The van der Waals surface area contributed by atoms with Crippen molar-refractivity contribution in [2.24, 2.45) is 0 Å². The van der Waals surface area contributed by atoms with Gasteiger partial charge in [-0.15, -0.1) is 0 Å². The van der Waals surface area contributed by atoms with Crippen LogP contribution in [0.25, 0.3) is 0 Å². The van der Waals surface area contributed by atoms with E-state index in [2.05, 4.69) is 11.8 Å². The molecule has 0 aromatic rings. The molecule has 1 N–H and O–H groups in total. The maximum Gasteiger partial charge on any atom is 0.192 e. The summed E-state index contributed by atoms with van der Waals surface area (Å²) < 4.78 is 0. The Kier molecular flexibility index (Phi) is 5.56. The van der Waals surface area contributed by atoms with E-state index < -0.39 is 0 Å². The Morgan fingerprint density at radius 1 is 1.62 bits per heavy atom. The van der Waals surface area contributed by atoms with E-state index in [-0.39, 0.29) is 6.61 Å². The van der Waals surface area contributed by atoms with E-state index in [1.165, 1.54) is 0 Å². The molecule has 0 aliphatic heterocycles. The lowest BCUT2D eigenvalue weighted by atomic mass is 10.3. The molecule has 0 rings (SSSR count). The number of carbonyl (C=O) groups excluding carboxylic acids is 1. The summed E-state index contributed by atoms with van der Waals surface area (Å²) in [6.07, 6.45) is 1.81. The van der Waals surface area contributed by atoms with E-state index in [1.54, 1.807) is 0 Å². The van der Waals surface area contributed by atoms with Crippen LogP contribution in [0, 0.1) is 11.8 Å². The van der Waals surface area contributed by atoms with Crippen molar-refractivity contribution < 1.29 is 9.90 Å². The smallest absolute Gasteiger partial charge is 0.192 e. The Morgan fingerprint density at radius 2 is 2.38 bits per heavy atom. The molecule has 0 amide bonds. The van der Waals surface area contributed by atoms with Crippen molar-refractivity contribution in [3.05, 3.63) is 0 Å². The highest BCUT2D eigenvalue weighted by atomic mass is 16.2. The lowest BCUT2D eigenvalue weighted by Crippen LogP contribution is -1.78. The Morgan fingerprint density at radius 3 is 2.88 bits per heavy atom. The number of hydrogen-bond donors (Lipinski definition) is 1. The van der Waals surface area contributed by atoms with Crippen molar-refractivity contribution in [3.8, 4) is 11.8 Å². The average molecular weight is 112 g/mol. The Balaban J connectivity index is 3.02. The number of hydrogen-bond acceptors (Lipinski definition) is 2. The molecule has 0 aliphatic carbocycles. The van der Waals surface area contributed by atoms with Gasteiger partial charge in [0.2, 0.25) is 0 Å². The van der Waals surface area contributed by atoms with Gasteiger partial charge in [-0.05, 0) is 12.3 Å². The van der Waals surface area contributed by atoms with E-state index in [4.69, 9.17) is 5.11 Å². The van der Waals surface area contributed by atoms with Gasteiger partial charge in [0.25, 0.3) is 0 Å². The summed E-state index contributed by atoms with van der Waals surface area (Å²) in [6.45, 7) is 0.146. The van der Waals surface area contributed by atoms with Crippen molar-refractivity contribution in [1.82, 2.24) is 0 Å². The molecule has 0 aromatic heterocycles. The maximum atomic E-state index is 9.53. The van der Waals surface area contributed by atoms with Gasteiger partial charge >= 0.3 is 0 Å². The predicted octanol–water partition coefficient (Wildman–Crippen LogP) is -0.0388. The first kappa shape index (κ1) is 7.19. The van der Waals surface area contributed by atoms with Gasteiger partial charge in [-0.25, -0.2) is 0 Å². The molecule has 0 saturated carbocycles. The first-order chi connectivity index (χ1) is 3.91. The molecule has 2 heteroatoms. The van der Waals surface area contributed by atoms with Gasteiger partial charge < -0.3 is 5.11 Å². The first-order valence-electron chi connectivity index (χ1n) is 2.44. The average Bonchev–Trinajstić information content (AvgIpc) is 1.81. The van der Waals surface area contributed by atoms with Gasteiger partial charge in [0.15, 0.2) is 6.29 Å². The van der Waals surface area contributed by atoms with E-state index >= 15 is 0 Å². The molecular weight excluding hydrogens is 104 g/mol. The largest absolute Gasteiger partial charge is 0.396 e. The quantitative estimate of drug-likeness (QED) is 0.309. The fraction of sp³-hybridized carbons (Fsp3) is 0.500. The van der Waals surface area contributed by atoms with Gasteiger partial charge in [-0.2, -0.15) is 0 Å². The standard InChI is InChI=1S/C6H8O2/c7-5-3-1-2-4-6-8/h6-7H,1,3,5H2. The molecule has 44 valence electrons. The Bertz CT molecular complexity index is 107. The minimum atomic E-state index is 0.146. The SMILES string of the molecule is O=CC#CCCCO.